The van der Waals surface area contributed by atoms with Gasteiger partial charge in [-0.15, -0.1) is 0 Å². The van der Waals surface area contributed by atoms with Gasteiger partial charge in [0, 0.05) is 19.1 Å². The van der Waals surface area contributed by atoms with E-state index < -0.39 is 5.60 Å². The topological polar surface area (TPSA) is 73.0 Å². The first-order valence-corrected chi connectivity index (χ1v) is 10.0. The average molecular weight is 365 g/mol. The fraction of sp³-hybridized carbons (Fsp3) is 0.750. The molecule has 148 valence electrons. The second kappa shape index (κ2) is 10.6. The summed E-state index contributed by atoms with van der Waals surface area (Å²) >= 11 is 0. The predicted molar refractivity (Wildman–Crippen MR) is 106 cm³/mol. The predicted octanol–water partition coefficient (Wildman–Crippen LogP) is 2.70. The van der Waals surface area contributed by atoms with E-state index in [2.05, 4.69) is 27.6 Å². The Labute approximate surface area is 158 Å². The number of hydrogen-bond acceptors (Lipinski definition) is 4. The molecule has 3 N–H and O–H groups in total. The zero-order valence-electron chi connectivity index (χ0n) is 16.6. The van der Waals surface area contributed by atoms with Crippen LogP contribution >= 0.6 is 0 Å². The molecule has 1 saturated carbocycles. The van der Waals surface area contributed by atoms with E-state index in [1.165, 1.54) is 32.1 Å². The van der Waals surface area contributed by atoms with Crippen molar-refractivity contribution < 1.29 is 9.52 Å². The van der Waals surface area contributed by atoms with E-state index in [9.17, 15) is 5.11 Å². The van der Waals surface area contributed by atoms with Crippen LogP contribution in [-0.2, 0) is 5.60 Å². The van der Waals surface area contributed by atoms with Gasteiger partial charge in [0.1, 0.15) is 11.4 Å². The minimum atomic E-state index is -1.10. The maximum absolute atomic E-state index is 10.5. The fourth-order valence-electron chi connectivity index (χ4n) is 3.48. The molecule has 0 saturated heterocycles. The number of aliphatic imine (C=N–C) groups is 1. The summed E-state index contributed by atoms with van der Waals surface area (Å²) in [5.41, 5.74) is -1.10. The number of nitrogens with zero attached hydrogens (tertiary/aromatic N) is 2. The Kier molecular flexibility index (Phi) is 8.45. The van der Waals surface area contributed by atoms with Crippen molar-refractivity contribution in [1.29, 1.82) is 0 Å². The van der Waals surface area contributed by atoms with E-state index in [0.717, 1.165) is 38.1 Å². The van der Waals surface area contributed by atoms with Gasteiger partial charge in [-0.2, -0.15) is 0 Å². The highest BCUT2D eigenvalue weighted by atomic mass is 16.4. The van der Waals surface area contributed by atoms with Crippen molar-refractivity contribution >= 4 is 5.96 Å². The Hall–Kier alpha value is -1.53. The molecule has 1 aromatic heterocycles. The van der Waals surface area contributed by atoms with Crippen molar-refractivity contribution in [2.45, 2.75) is 64.0 Å². The standard InChI is InChI=1S/C20H36N4O2/c1-4-21-19(23-16-20(2,25)18-12-8-15-26-18)22-13-9-14-24(3)17-10-6-5-7-11-17/h8,12,15,17,25H,4-7,9-11,13-14,16H2,1-3H3,(H2,21,22,23). The van der Waals surface area contributed by atoms with E-state index in [0.29, 0.717) is 5.76 Å². The molecular formula is C20H36N4O2. The number of aliphatic hydroxyl groups is 1. The Morgan fingerprint density at radius 1 is 1.35 bits per heavy atom. The van der Waals surface area contributed by atoms with Gasteiger partial charge in [0.2, 0.25) is 0 Å². The quantitative estimate of drug-likeness (QED) is 0.357. The monoisotopic (exact) mass is 364 g/mol. The maximum atomic E-state index is 10.5. The van der Waals surface area contributed by atoms with E-state index in [-0.39, 0.29) is 6.54 Å². The molecule has 1 aromatic rings. The van der Waals surface area contributed by atoms with Crippen LogP contribution in [0.4, 0.5) is 0 Å². The molecule has 0 aliphatic heterocycles. The summed E-state index contributed by atoms with van der Waals surface area (Å²) in [7, 11) is 2.25. The molecule has 0 bridgehead atoms. The van der Waals surface area contributed by atoms with Crippen LogP contribution in [0.5, 0.6) is 0 Å². The van der Waals surface area contributed by atoms with Gasteiger partial charge in [-0.25, -0.2) is 4.99 Å². The summed E-state index contributed by atoms with van der Waals surface area (Å²) in [4.78, 5) is 7.03. The summed E-state index contributed by atoms with van der Waals surface area (Å²) in [6.45, 7) is 6.76. The van der Waals surface area contributed by atoms with Crippen LogP contribution in [-0.4, -0.2) is 55.2 Å². The summed E-state index contributed by atoms with van der Waals surface area (Å²) in [6, 6.07) is 4.31. The lowest BCUT2D eigenvalue weighted by Gasteiger charge is -2.31. The van der Waals surface area contributed by atoms with Crippen LogP contribution in [0.3, 0.4) is 0 Å². The molecule has 0 spiro atoms. The lowest BCUT2D eigenvalue weighted by atomic mass is 9.94. The van der Waals surface area contributed by atoms with Gasteiger partial charge in [0.15, 0.2) is 5.96 Å². The van der Waals surface area contributed by atoms with Gasteiger partial charge in [-0.05, 0) is 58.8 Å². The lowest BCUT2D eigenvalue weighted by molar-refractivity contribution is 0.0437. The summed E-state index contributed by atoms with van der Waals surface area (Å²) in [5.74, 6) is 1.27. The van der Waals surface area contributed by atoms with E-state index >= 15 is 0 Å². The highest BCUT2D eigenvalue weighted by molar-refractivity contribution is 5.79. The average Bonchev–Trinajstić information content (AvgIpc) is 3.19. The first-order valence-electron chi connectivity index (χ1n) is 10.0. The SMILES string of the molecule is CCNC(=NCC(C)(O)c1ccco1)NCCCN(C)C1CCCCC1. The normalized spacial score (nSPS) is 18.7. The van der Waals surface area contributed by atoms with Crippen LogP contribution in [0, 0.1) is 0 Å². The third-order valence-electron chi connectivity index (χ3n) is 5.12. The fourth-order valence-corrected chi connectivity index (χ4v) is 3.48. The van der Waals surface area contributed by atoms with Crippen LogP contribution in [0.1, 0.15) is 58.1 Å². The van der Waals surface area contributed by atoms with Gasteiger partial charge >= 0.3 is 0 Å². The smallest absolute Gasteiger partial charge is 0.191 e. The number of nitrogens with one attached hydrogen (secondary N) is 2. The molecule has 1 atom stereocenters. The van der Waals surface area contributed by atoms with Crippen molar-refractivity contribution in [3.63, 3.8) is 0 Å². The number of hydrogen-bond donors (Lipinski definition) is 3. The van der Waals surface area contributed by atoms with Crippen molar-refractivity contribution in [1.82, 2.24) is 15.5 Å². The highest BCUT2D eigenvalue weighted by Crippen LogP contribution is 2.22. The van der Waals surface area contributed by atoms with Gasteiger partial charge < -0.3 is 25.1 Å². The molecule has 6 heteroatoms. The summed E-state index contributed by atoms with van der Waals surface area (Å²) in [5, 5.41) is 17.1. The Morgan fingerprint density at radius 2 is 2.12 bits per heavy atom. The minimum Gasteiger partial charge on any atom is -0.466 e. The number of guanidine groups is 1. The van der Waals surface area contributed by atoms with Crippen LogP contribution in [0.15, 0.2) is 27.8 Å². The molecule has 1 aliphatic carbocycles. The third-order valence-corrected chi connectivity index (χ3v) is 5.12. The van der Waals surface area contributed by atoms with Crippen LogP contribution in [0.2, 0.25) is 0 Å². The van der Waals surface area contributed by atoms with Crippen molar-refractivity contribution in [2.75, 3.05) is 33.2 Å². The molecule has 0 aromatic carbocycles. The number of furan rings is 1. The van der Waals surface area contributed by atoms with Crippen LogP contribution < -0.4 is 10.6 Å². The van der Waals surface area contributed by atoms with Gasteiger partial charge in [-0.1, -0.05) is 19.3 Å². The minimum absolute atomic E-state index is 0.248. The molecule has 2 rings (SSSR count). The molecule has 6 nitrogen and oxygen atoms in total. The Bertz CT molecular complexity index is 522. The van der Waals surface area contributed by atoms with Gasteiger partial charge in [0.05, 0.1) is 12.8 Å². The Balaban J connectivity index is 1.74. The molecule has 1 aliphatic rings. The van der Waals surface area contributed by atoms with Crippen molar-refractivity contribution in [2.24, 2.45) is 4.99 Å². The van der Waals surface area contributed by atoms with E-state index in [1.807, 2.05) is 6.92 Å². The van der Waals surface area contributed by atoms with Gasteiger partial charge in [-0.3, -0.25) is 0 Å². The van der Waals surface area contributed by atoms with Crippen molar-refractivity contribution in [3.8, 4) is 0 Å². The maximum Gasteiger partial charge on any atom is 0.191 e. The summed E-state index contributed by atoms with van der Waals surface area (Å²) < 4.78 is 5.31. The molecular weight excluding hydrogens is 328 g/mol. The molecule has 0 amide bonds. The molecule has 1 unspecified atom stereocenters. The van der Waals surface area contributed by atoms with Crippen LogP contribution in [0.25, 0.3) is 0 Å². The molecule has 0 radical (unpaired) electrons. The molecule has 26 heavy (non-hydrogen) atoms. The highest BCUT2D eigenvalue weighted by Gasteiger charge is 2.26. The first-order chi connectivity index (χ1) is 12.5. The Morgan fingerprint density at radius 3 is 2.77 bits per heavy atom. The van der Waals surface area contributed by atoms with Crippen molar-refractivity contribution in [3.05, 3.63) is 24.2 Å². The zero-order valence-corrected chi connectivity index (χ0v) is 16.6. The number of rotatable bonds is 9. The van der Waals surface area contributed by atoms with E-state index in [1.54, 1.807) is 25.3 Å². The van der Waals surface area contributed by atoms with E-state index in [4.69, 9.17) is 4.42 Å². The molecule has 1 fully saturated rings. The molecule has 1 heterocycles. The summed E-state index contributed by atoms with van der Waals surface area (Å²) in [6.07, 6.45) is 9.48. The second-order valence-electron chi connectivity index (χ2n) is 7.50. The first kappa shape index (κ1) is 20.8. The second-order valence-corrected chi connectivity index (χ2v) is 7.50. The van der Waals surface area contributed by atoms with Gasteiger partial charge in [0.25, 0.3) is 0 Å². The third kappa shape index (κ3) is 6.65. The zero-order chi connectivity index (χ0) is 18.8. The largest absolute Gasteiger partial charge is 0.466 e. The lowest BCUT2D eigenvalue weighted by Crippen LogP contribution is -2.40.